The van der Waals surface area contributed by atoms with Crippen molar-refractivity contribution in [2.24, 2.45) is 0 Å². The number of hydrogen-bond donors (Lipinski definition) is 0. The van der Waals surface area contributed by atoms with Gasteiger partial charge in [0, 0.05) is 6.20 Å². The molecule has 0 atom stereocenters. The lowest BCUT2D eigenvalue weighted by atomic mass is 10.2. The van der Waals surface area contributed by atoms with Crippen molar-refractivity contribution in [3.05, 3.63) is 41.1 Å². The molecule has 5 nitrogen and oxygen atoms in total. The summed E-state index contributed by atoms with van der Waals surface area (Å²) >= 11 is 0.977. The van der Waals surface area contributed by atoms with Crippen LogP contribution in [0.3, 0.4) is 0 Å². The standard InChI is InChI=1S/C13H11F3N2O3S/c1-7-9(11(19)20-2)5-8(21-7)6-22-12-17-4-3-10(18-12)13(14,15)16/h3-5H,6H2,1-2H3. The molecule has 0 aliphatic carbocycles. The van der Waals surface area contributed by atoms with E-state index in [1.165, 1.54) is 13.2 Å². The van der Waals surface area contributed by atoms with E-state index >= 15 is 0 Å². The number of hydrogen-bond acceptors (Lipinski definition) is 6. The second kappa shape index (κ2) is 6.39. The molecule has 0 aliphatic rings. The van der Waals surface area contributed by atoms with E-state index in [-0.39, 0.29) is 16.5 Å². The first-order valence-electron chi connectivity index (χ1n) is 6.02. The maximum atomic E-state index is 12.5. The number of halogens is 3. The average Bonchev–Trinajstić information content (AvgIpc) is 2.85. The number of aryl methyl sites for hydroxylation is 1. The van der Waals surface area contributed by atoms with E-state index in [0.29, 0.717) is 11.5 Å². The molecule has 0 spiro atoms. The topological polar surface area (TPSA) is 65.2 Å². The average molecular weight is 332 g/mol. The Morgan fingerprint density at radius 1 is 1.45 bits per heavy atom. The molecule has 0 bridgehead atoms. The van der Waals surface area contributed by atoms with E-state index in [2.05, 4.69) is 14.7 Å². The van der Waals surface area contributed by atoms with Gasteiger partial charge in [0.2, 0.25) is 0 Å². The zero-order valence-electron chi connectivity index (χ0n) is 11.6. The molecule has 0 aliphatic heterocycles. The van der Waals surface area contributed by atoms with Crippen molar-refractivity contribution in [3.63, 3.8) is 0 Å². The van der Waals surface area contributed by atoms with Gasteiger partial charge in [-0.25, -0.2) is 14.8 Å². The van der Waals surface area contributed by atoms with Crippen molar-refractivity contribution >= 4 is 17.7 Å². The number of nitrogens with zero attached hydrogens (tertiary/aromatic N) is 2. The third-order valence-electron chi connectivity index (χ3n) is 2.64. The van der Waals surface area contributed by atoms with Gasteiger partial charge in [0.15, 0.2) is 5.16 Å². The lowest BCUT2D eigenvalue weighted by Gasteiger charge is -2.05. The van der Waals surface area contributed by atoms with Crippen LogP contribution in [0, 0.1) is 6.92 Å². The molecule has 0 saturated carbocycles. The predicted octanol–water partition coefficient (Wildman–Crippen LogP) is 3.48. The van der Waals surface area contributed by atoms with Gasteiger partial charge in [0.05, 0.1) is 12.9 Å². The highest BCUT2D eigenvalue weighted by Gasteiger charge is 2.32. The van der Waals surface area contributed by atoms with Crippen molar-refractivity contribution in [2.45, 2.75) is 24.0 Å². The fourth-order valence-electron chi connectivity index (χ4n) is 1.63. The molecule has 0 aromatic carbocycles. The highest BCUT2D eigenvalue weighted by atomic mass is 32.2. The summed E-state index contributed by atoms with van der Waals surface area (Å²) in [6.45, 7) is 1.60. The summed E-state index contributed by atoms with van der Waals surface area (Å²) in [7, 11) is 1.25. The smallest absolute Gasteiger partial charge is 0.433 e. The van der Waals surface area contributed by atoms with Crippen LogP contribution in [0.15, 0.2) is 27.9 Å². The van der Waals surface area contributed by atoms with E-state index in [1.807, 2.05) is 0 Å². The van der Waals surface area contributed by atoms with Crippen LogP contribution in [0.5, 0.6) is 0 Å². The summed E-state index contributed by atoms with van der Waals surface area (Å²) in [6, 6.07) is 2.29. The van der Waals surface area contributed by atoms with Crippen LogP contribution in [0.2, 0.25) is 0 Å². The number of furan rings is 1. The second-order valence-corrected chi connectivity index (χ2v) is 5.13. The molecule has 0 amide bonds. The molecular weight excluding hydrogens is 321 g/mol. The van der Waals surface area contributed by atoms with Gasteiger partial charge in [-0.2, -0.15) is 13.2 Å². The Morgan fingerprint density at radius 2 is 2.18 bits per heavy atom. The highest BCUT2D eigenvalue weighted by molar-refractivity contribution is 7.98. The van der Waals surface area contributed by atoms with E-state index in [1.54, 1.807) is 6.92 Å². The summed E-state index contributed by atoms with van der Waals surface area (Å²) in [5.74, 6) is 0.461. The molecule has 0 fully saturated rings. The van der Waals surface area contributed by atoms with E-state index in [0.717, 1.165) is 24.0 Å². The van der Waals surface area contributed by atoms with Gasteiger partial charge in [-0.15, -0.1) is 0 Å². The molecule has 2 aromatic rings. The molecular formula is C13H11F3N2O3S. The quantitative estimate of drug-likeness (QED) is 0.485. The molecule has 2 heterocycles. The number of rotatable bonds is 4. The van der Waals surface area contributed by atoms with E-state index in [9.17, 15) is 18.0 Å². The summed E-state index contributed by atoms with van der Waals surface area (Å²) in [4.78, 5) is 18.6. The van der Waals surface area contributed by atoms with E-state index in [4.69, 9.17) is 4.42 Å². The monoisotopic (exact) mass is 332 g/mol. The molecule has 0 unspecified atom stereocenters. The zero-order valence-corrected chi connectivity index (χ0v) is 12.4. The fourth-order valence-corrected chi connectivity index (χ4v) is 2.34. The Hall–Kier alpha value is -2.03. The normalized spacial score (nSPS) is 11.5. The summed E-state index contributed by atoms with van der Waals surface area (Å²) in [5, 5.41) is -0.0245. The Labute approximate surface area is 127 Å². The van der Waals surface area contributed by atoms with Crippen LogP contribution in [0.25, 0.3) is 0 Å². The van der Waals surface area contributed by atoms with Crippen molar-refractivity contribution in [1.29, 1.82) is 0 Å². The maximum absolute atomic E-state index is 12.5. The minimum atomic E-state index is -4.52. The van der Waals surface area contributed by atoms with Gasteiger partial charge < -0.3 is 9.15 Å². The lowest BCUT2D eigenvalue weighted by Crippen LogP contribution is -2.08. The summed E-state index contributed by atoms with van der Waals surface area (Å²) < 4.78 is 47.6. The maximum Gasteiger partial charge on any atom is 0.433 e. The van der Waals surface area contributed by atoms with Crippen LogP contribution in [-0.2, 0) is 16.7 Å². The Morgan fingerprint density at radius 3 is 2.82 bits per heavy atom. The Balaban J connectivity index is 2.09. The van der Waals surface area contributed by atoms with Crippen molar-refractivity contribution in [2.75, 3.05) is 7.11 Å². The zero-order chi connectivity index (χ0) is 16.3. The third-order valence-corrected chi connectivity index (χ3v) is 3.53. The molecule has 118 valence electrons. The van der Waals surface area contributed by atoms with Gasteiger partial charge in [-0.05, 0) is 19.1 Å². The summed E-state index contributed by atoms with van der Waals surface area (Å²) in [5.41, 5.74) is -0.723. The summed E-state index contributed by atoms with van der Waals surface area (Å²) in [6.07, 6.45) is -3.47. The van der Waals surface area contributed by atoms with Crippen LogP contribution in [-0.4, -0.2) is 23.0 Å². The molecule has 0 radical (unpaired) electrons. The number of carbonyl (C=O) groups excluding carboxylic acids is 1. The van der Waals surface area contributed by atoms with Crippen molar-refractivity contribution in [3.8, 4) is 0 Å². The van der Waals surface area contributed by atoms with Crippen LogP contribution >= 0.6 is 11.8 Å². The van der Waals surface area contributed by atoms with Crippen molar-refractivity contribution in [1.82, 2.24) is 9.97 Å². The van der Waals surface area contributed by atoms with Crippen LogP contribution in [0.1, 0.15) is 27.6 Å². The molecule has 9 heteroatoms. The molecule has 0 N–H and O–H groups in total. The first-order valence-corrected chi connectivity index (χ1v) is 7.00. The molecule has 22 heavy (non-hydrogen) atoms. The van der Waals surface area contributed by atoms with Gasteiger partial charge in [0.1, 0.15) is 22.8 Å². The fraction of sp³-hybridized carbons (Fsp3) is 0.308. The number of alkyl halides is 3. The number of methoxy groups -OCH3 is 1. The van der Waals surface area contributed by atoms with Crippen LogP contribution in [0.4, 0.5) is 13.2 Å². The molecule has 2 aromatic heterocycles. The van der Waals surface area contributed by atoms with Gasteiger partial charge in [0.25, 0.3) is 0 Å². The molecule has 0 saturated heterocycles. The number of ether oxygens (including phenoxy) is 1. The number of carbonyl (C=O) groups is 1. The van der Waals surface area contributed by atoms with E-state index < -0.39 is 17.8 Å². The highest BCUT2D eigenvalue weighted by Crippen LogP contribution is 2.29. The van der Waals surface area contributed by atoms with Gasteiger partial charge >= 0.3 is 12.1 Å². The first kappa shape index (κ1) is 16.3. The first-order chi connectivity index (χ1) is 10.3. The SMILES string of the molecule is COC(=O)c1cc(CSc2nccc(C(F)(F)F)n2)oc1C. The van der Waals surface area contributed by atoms with Crippen molar-refractivity contribution < 1.29 is 27.1 Å². The lowest BCUT2D eigenvalue weighted by molar-refractivity contribution is -0.141. The number of aromatic nitrogens is 2. The second-order valence-electron chi connectivity index (χ2n) is 4.19. The number of esters is 1. The number of thioether (sulfide) groups is 1. The predicted molar refractivity (Wildman–Crippen MR) is 71.4 cm³/mol. The minimum absolute atomic E-state index is 0.0245. The Kier molecular flexibility index (Phi) is 4.74. The molecule has 2 rings (SSSR count). The Bertz CT molecular complexity index is 685. The van der Waals surface area contributed by atoms with Crippen LogP contribution < -0.4 is 0 Å². The minimum Gasteiger partial charge on any atom is -0.465 e. The van der Waals surface area contributed by atoms with Gasteiger partial charge in [-0.1, -0.05) is 11.8 Å². The largest absolute Gasteiger partial charge is 0.465 e. The van der Waals surface area contributed by atoms with Gasteiger partial charge in [-0.3, -0.25) is 0 Å². The third kappa shape index (κ3) is 3.79.